The molecule has 2 nitrogen and oxygen atoms in total. The summed E-state index contributed by atoms with van der Waals surface area (Å²) in [6.45, 7) is 1.35. The van der Waals surface area contributed by atoms with Gasteiger partial charge in [0.15, 0.2) is 0 Å². The maximum atomic E-state index is 12.7. The highest BCUT2D eigenvalue weighted by Gasteiger charge is 2.26. The lowest BCUT2D eigenvalue weighted by atomic mass is 10.1. The monoisotopic (exact) mass is 251 g/mol. The van der Waals surface area contributed by atoms with Crippen LogP contribution in [0.1, 0.15) is 24.9 Å². The maximum Gasteiger partial charge on any atom is 0.390 e. The molecule has 2 N–H and O–H groups in total. The summed E-state index contributed by atoms with van der Waals surface area (Å²) >= 11 is 0. The summed E-state index contributed by atoms with van der Waals surface area (Å²) in [5, 5.41) is 12.0. The van der Waals surface area contributed by atoms with E-state index < -0.39 is 24.5 Å². The SMILES string of the molecule is CC(NCCC(F)(F)F)c1ccc(F)cc1O. The van der Waals surface area contributed by atoms with Gasteiger partial charge in [-0.05, 0) is 13.0 Å². The molecule has 0 aromatic heterocycles. The maximum absolute atomic E-state index is 12.7. The van der Waals surface area contributed by atoms with Crippen molar-refractivity contribution in [1.29, 1.82) is 0 Å². The van der Waals surface area contributed by atoms with Gasteiger partial charge in [-0.25, -0.2) is 4.39 Å². The summed E-state index contributed by atoms with van der Waals surface area (Å²) in [6.07, 6.45) is -5.16. The van der Waals surface area contributed by atoms with Gasteiger partial charge in [-0.1, -0.05) is 6.07 Å². The van der Waals surface area contributed by atoms with Crippen LogP contribution < -0.4 is 5.32 Å². The first kappa shape index (κ1) is 13.8. The Hall–Kier alpha value is -1.30. The summed E-state index contributed by atoms with van der Waals surface area (Å²) in [4.78, 5) is 0. The van der Waals surface area contributed by atoms with Crippen molar-refractivity contribution in [3.8, 4) is 5.75 Å². The highest BCUT2D eigenvalue weighted by molar-refractivity contribution is 5.34. The van der Waals surface area contributed by atoms with Crippen LogP contribution in [0.5, 0.6) is 5.75 Å². The number of phenolic OH excluding ortho intramolecular Hbond substituents is 1. The third kappa shape index (κ3) is 4.60. The quantitative estimate of drug-likeness (QED) is 0.806. The number of phenols is 1. The first-order valence-electron chi connectivity index (χ1n) is 5.08. The number of hydrogen-bond donors (Lipinski definition) is 2. The van der Waals surface area contributed by atoms with Gasteiger partial charge in [0.1, 0.15) is 11.6 Å². The van der Waals surface area contributed by atoms with Crippen molar-refractivity contribution < 1.29 is 22.7 Å². The number of nitrogens with one attached hydrogen (secondary N) is 1. The zero-order chi connectivity index (χ0) is 13.1. The molecule has 0 saturated carbocycles. The first-order valence-corrected chi connectivity index (χ1v) is 5.08. The molecule has 0 bridgehead atoms. The minimum absolute atomic E-state index is 0.249. The molecule has 96 valence electrons. The zero-order valence-electron chi connectivity index (χ0n) is 9.18. The number of hydrogen-bond acceptors (Lipinski definition) is 2. The fourth-order valence-electron chi connectivity index (χ4n) is 1.42. The second-order valence-corrected chi connectivity index (χ2v) is 3.74. The van der Waals surface area contributed by atoms with E-state index in [0.29, 0.717) is 5.56 Å². The van der Waals surface area contributed by atoms with Crippen LogP contribution in [-0.2, 0) is 0 Å². The topological polar surface area (TPSA) is 32.3 Å². The van der Waals surface area contributed by atoms with Crippen molar-refractivity contribution in [1.82, 2.24) is 5.32 Å². The average Bonchev–Trinajstić information content (AvgIpc) is 2.15. The molecular formula is C11H13F4NO. The van der Waals surface area contributed by atoms with Crippen molar-refractivity contribution in [2.75, 3.05) is 6.54 Å². The fourth-order valence-corrected chi connectivity index (χ4v) is 1.42. The lowest BCUT2D eigenvalue weighted by Crippen LogP contribution is -2.24. The molecule has 0 aliphatic carbocycles. The Bertz CT molecular complexity index is 378. The average molecular weight is 251 g/mol. The van der Waals surface area contributed by atoms with Crippen molar-refractivity contribution in [3.63, 3.8) is 0 Å². The van der Waals surface area contributed by atoms with Gasteiger partial charge in [0, 0.05) is 24.2 Å². The second kappa shape index (κ2) is 5.35. The van der Waals surface area contributed by atoms with Crippen LogP contribution in [0.2, 0.25) is 0 Å². The van der Waals surface area contributed by atoms with E-state index >= 15 is 0 Å². The normalized spacial score (nSPS) is 13.7. The fraction of sp³-hybridized carbons (Fsp3) is 0.455. The van der Waals surface area contributed by atoms with E-state index in [1.54, 1.807) is 6.92 Å². The Morgan fingerprint density at radius 2 is 2.00 bits per heavy atom. The molecule has 0 amide bonds. The molecular weight excluding hydrogens is 238 g/mol. The van der Waals surface area contributed by atoms with E-state index in [2.05, 4.69) is 5.32 Å². The van der Waals surface area contributed by atoms with E-state index in [4.69, 9.17) is 0 Å². The van der Waals surface area contributed by atoms with Crippen LogP contribution >= 0.6 is 0 Å². The minimum atomic E-state index is -4.21. The number of aromatic hydroxyl groups is 1. The Balaban J connectivity index is 2.55. The molecule has 0 saturated heterocycles. The van der Waals surface area contributed by atoms with Gasteiger partial charge < -0.3 is 10.4 Å². The molecule has 0 fully saturated rings. The van der Waals surface area contributed by atoms with Gasteiger partial charge >= 0.3 is 6.18 Å². The largest absolute Gasteiger partial charge is 0.508 e. The zero-order valence-corrected chi connectivity index (χ0v) is 9.18. The van der Waals surface area contributed by atoms with Crippen LogP contribution in [0.4, 0.5) is 17.6 Å². The lowest BCUT2D eigenvalue weighted by Gasteiger charge is -2.16. The highest BCUT2D eigenvalue weighted by atomic mass is 19.4. The number of rotatable bonds is 4. The van der Waals surface area contributed by atoms with Crippen LogP contribution in [0.15, 0.2) is 18.2 Å². The van der Waals surface area contributed by atoms with E-state index in [1.165, 1.54) is 6.07 Å². The Labute approximate surface area is 96.3 Å². The summed E-state index contributed by atoms with van der Waals surface area (Å²) in [6, 6.07) is 2.95. The van der Waals surface area contributed by atoms with Crippen molar-refractivity contribution in [2.45, 2.75) is 25.6 Å². The Morgan fingerprint density at radius 1 is 1.35 bits per heavy atom. The third-order valence-corrected chi connectivity index (χ3v) is 2.32. The molecule has 1 rings (SSSR count). The molecule has 0 spiro atoms. The van der Waals surface area contributed by atoms with Crippen molar-refractivity contribution in [2.24, 2.45) is 0 Å². The van der Waals surface area contributed by atoms with Crippen LogP contribution in [0.3, 0.4) is 0 Å². The minimum Gasteiger partial charge on any atom is -0.508 e. The number of alkyl halides is 3. The summed E-state index contributed by atoms with van der Waals surface area (Å²) in [5.41, 5.74) is 0.369. The molecule has 1 atom stereocenters. The number of halogens is 4. The van der Waals surface area contributed by atoms with E-state index in [1.807, 2.05) is 0 Å². The predicted octanol–water partition coefficient (Wildman–Crippen LogP) is 3.13. The molecule has 17 heavy (non-hydrogen) atoms. The van der Waals surface area contributed by atoms with Gasteiger partial charge in [0.05, 0.1) is 6.42 Å². The molecule has 0 radical (unpaired) electrons. The molecule has 0 heterocycles. The van der Waals surface area contributed by atoms with E-state index in [0.717, 1.165) is 12.1 Å². The molecule has 1 aromatic rings. The van der Waals surface area contributed by atoms with Crippen molar-refractivity contribution in [3.05, 3.63) is 29.6 Å². The number of benzene rings is 1. The van der Waals surface area contributed by atoms with E-state index in [9.17, 15) is 22.7 Å². The molecule has 1 aromatic carbocycles. The summed E-state index contributed by atoms with van der Waals surface area (Å²) in [5.74, 6) is -0.856. The molecule has 6 heteroatoms. The van der Waals surface area contributed by atoms with Crippen LogP contribution in [-0.4, -0.2) is 17.8 Å². The standard InChI is InChI=1S/C11H13F4NO/c1-7(16-5-4-11(13,14)15)9-3-2-8(12)6-10(9)17/h2-3,6-7,16-17H,4-5H2,1H3. The first-order chi connectivity index (χ1) is 7.79. The third-order valence-electron chi connectivity index (χ3n) is 2.32. The van der Waals surface area contributed by atoms with Gasteiger partial charge in [-0.3, -0.25) is 0 Å². The second-order valence-electron chi connectivity index (χ2n) is 3.74. The predicted molar refractivity (Wildman–Crippen MR) is 55.2 cm³/mol. The molecule has 0 aliphatic rings. The molecule has 1 unspecified atom stereocenters. The van der Waals surface area contributed by atoms with Gasteiger partial charge in [0.2, 0.25) is 0 Å². The molecule has 0 aliphatic heterocycles. The Morgan fingerprint density at radius 3 is 2.53 bits per heavy atom. The summed E-state index contributed by atoms with van der Waals surface area (Å²) in [7, 11) is 0. The lowest BCUT2D eigenvalue weighted by molar-refractivity contribution is -0.133. The van der Waals surface area contributed by atoms with Gasteiger partial charge in [0.25, 0.3) is 0 Å². The highest BCUT2D eigenvalue weighted by Crippen LogP contribution is 2.25. The van der Waals surface area contributed by atoms with Crippen molar-refractivity contribution >= 4 is 0 Å². The van der Waals surface area contributed by atoms with E-state index in [-0.39, 0.29) is 12.3 Å². The van der Waals surface area contributed by atoms with Crippen LogP contribution in [0, 0.1) is 5.82 Å². The van der Waals surface area contributed by atoms with Gasteiger partial charge in [-0.2, -0.15) is 13.2 Å². The Kier molecular flexibility index (Phi) is 4.34. The summed E-state index contributed by atoms with van der Waals surface area (Å²) < 4.78 is 48.4. The van der Waals surface area contributed by atoms with Crippen LogP contribution in [0.25, 0.3) is 0 Å². The van der Waals surface area contributed by atoms with Gasteiger partial charge in [-0.15, -0.1) is 0 Å². The smallest absolute Gasteiger partial charge is 0.390 e.